The van der Waals surface area contributed by atoms with Crippen molar-refractivity contribution in [3.05, 3.63) is 35.6 Å². The van der Waals surface area contributed by atoms with Gasteiger partial charge in [0.15, 0.2) is 0 Å². The molecule has 0 aliphatic rings. The third-order valence-electron chi connectivity index (χ3n) is 2.45. The molecule has 0 fully saturated rings. The van der Waals surface area contributed by atoms with E-state index in [1.54, 1.807) is 12.3 Å². The van der Waals surface area contributed by atoms with Crippen molar-refractivity contribution in [2.24, 2.45) is 0 Å². The van der Waals surface area contributed by atoms with E-state index >= 15 is 0 Å². The molecule has 3 aromatic rings. The maximum atomic E-state index is 5.98. The van der Waals surface area contributed by atoms with Crippen LogP contribution in [0.3, 0.4) is 0 Å². The molecule has 18 heavy (non-hydrogen) atoms. The summed E-state index contributed by atoms with van der Waals surface area (Å²) in [5.41, 5.74) is 7.18. The number of benzene rings is 1. The average molecular weight is 261 g/mol. The van der Waals surface area contributed by atoms with Crippen molar-refractivity contribution in [2.45, 2.75) is 0 Å². The summed E-state index contributed by atoms with van der Waals surface area (Å²) in [5.74, 6) is 0.851. The van der Waals surface area contributed by atoms with Crippen LogP contribution in [0, 0.1) is 0 Å². The maximum Gasteiger partial charge on any atom is 0.221 e. The molecule has 0 aliphatic carbocycles. The van der Waals surface area contributed by atoms with Crippen molar-refractivity contribution < 1.29 is 0 Å². The van der Waals surface area contributed by atoms with Gasteiger partial charge < -0.3 is 11.1 Å². The van der Waals surface area contributed by atoms with E-state index in [0.717, 1.165) is 16.6 Å². The minimum Gasteiger partial charge on any atom is -0.368 e. The lowest BCUT2D eigenvalue weighted by atomic mass is 10.2. The van der Waals surface area contributed by atoms with E-state index in [9.17, 15) is 0 Å². The van der Waals surface area contributed by atoms with Gasteiger partial charge in [0.2, 0.25) is 5.95 Å². The molecule has 1 aromatic carbocycles. The Kier molecular flexibility index (Phi) is 2.49. The number of nitrogens with one attached hydrogen (secondary N) is 2. The Labute approximate surface area is 107 Å². The van der Waals surface area contributed by atoms with Crippen molar-refractivity contribution in [1.82, 2.24) is 20.2 Å². The predicted octanol–water partition coefficient (Wildman–Crippen LogP) is 2.33. The van der Waals surface area contributed by atoms with E-state index in [4.69, 9.17) is 17.3 Å². The molecule has 0 aliphatic heterocycles. The number of hydrogen-bond acceptors (Lipinski definition) is 5. The second kappa shape index (κ2) is 4.15. The Morgan fingerprint density at radius 1 is 1.28 bits per heavy atom. The molecule has 2 heterocycles. The fraction of sp³-hybridized carbons (Fsp3) is 0. The van der Waals surface area contributed by atoms with Gasteiger partial charge in [0.1, 0.15) is 11.0 Å². The van der Waals surface area contributed by atoms with Crippen LogP contribution < -0.4 is 11.1 Å². The van der Waals surface area contributed by atoms with Gasteiger partial charge in [-0.2, -0.15) is 10.1 Å². The smallest absolute Gasteiger partial charge is 0.221 e. The van der Waals surface area contributed by atoms with Crippen molar-refractivity contribution in [3.8, 4) is 0 Å². The molecule has 2 aromatic heterocycles. The lowest BCUT2D eigenvalue weighted by Crippen LogP contribution is -1.98. The van der Waals surface area contributed by atoms with Crippen LogP contribution >= 0.6 is 11.6 Å². The van der Waals surface area contributed by atoms with Crippen molar-refractivity contribution >= 4 is 40.0 Å². The van der Waals surface area contributed by atoms with Crippen LogP contribution in [-0.2, 0) is 0 Å². The first-order valence-electron chi connectivity index (χ1n) is 5.21. The second-order valence-electron chi connectivity index (χ2n) is 3.69. The predicted molar refractivity (Wildman–Crippen MR) is 70.8 cm³/mol. The normalized spacial score (nSPS) is 10.7. The highest BCUT2D eigenvalue weighted by atomic mass is 35.5. The SMILES string of the molecule is Nc1nccc(Nc2ccc3n[nH]c(Cl)c3c2)n1. The number of fused-ring (bicyclic) bond motifs is 1. The Morgan fingerprint density at radius 3 is 3.00 bits per heavy atom. The molecule has 0 unspecified atom stereocenters. The van der Waals surface area contributed by atoms with E-state index in [2.05, 4.69) is 25.5 Å². The van der Waals surface area contributed by atoms with Gasteiger partial charge in [-0.05, 0) is 24.3 Å². The number of aromatic amines is 1. The summed E-state index contributed by atoms with van der Waals surface area (Å²) in [6.45, 7) is 0. The van der Waals surface area contributed by atoms with Gasteiger partial charge in [-0.25, -0.2) is 4.98 Å². The number of halogens is 1. The van der Waals surface area contributed by atoms with Gasteiger partial charge in [-0.3, -0.25) is 5.10 Å². The van der Waals surface area contributed by atoms with Gasteiger partial charge in [-0.1, -0.05) is 11.6 Å². The fourth-order valence-electron chi connectivity index (χ4n) is 1.65. The second-order valence-corrected chi connectivity index (χ2v) is 4.07. The van der Waals surface area contributed by atoms with E-state index in [1.807, 2.05) is 18.2 Å². The Balaban J connectivity index is 1.97. The van der Waals surface area contributed by atoms with Gasteiger partial charge in [0, 0.05) is 17.3 Å². The lowest BCUT2D eigenvalue weighted by Gasteiger charge is -2.05. The average Bonchev–Trinajstić information content (AvgIpc) is 2.71. The summed E-state index contributed by atoms with van der Waals surface area (Å²) < 4.78 is 0. The first kappa shape index (κ1) is 10.8. The monoisotopic (exact) mass is 260 g/mol. The van der Waals surface area contributed by atoms with E-state index < -0.39 is 0 Å². The van der Waals surface area contributed by atoms with Gasteiger partial charge in [-0.15, -0.1) is 0 Å². The summed E-state index contributed by atoms with van der Waals surface area (Å²) >= 11 is 5.98. The Morgan fingerprint density at radius 2 is 2.17 bits per heavy atom. The number of anilines is 3. The van der Waals surface area contributed by atoms with Crippen LogP contribution in [0.2, 0.25) is 5.15 Å². The van der Waals surface area contributed by atoms with Crippen LogP contribution in [0.5, 0.6) is 0 Å². The summed E-state index contributed by atoms with van der Waals surface area (Å²) in [6.07, 6.45) is 1.59. The molecular formula is C11H9ClN6. The van der Waals surface area contributed by atoms with Crippen LogP contribution in [0.4, 0.5) is 17.5 Å². The van der Waals surface area contributed by atoms with Crippen LogP contribution in [0.25, 0.3) is 10.9 Å². The van der Waals surface area contributed by atoms with E-state index in [0.29, 0.717) is 11.0 Å². The molecule has 0 saturated carbocycles. The number of nitrogens with zero attached hydrogens (tertiary/aromatic N) is 3. The molecule has 90 valence electrons. The quantitative estimate of drug-likeness (QED) is 0.658. The highest BCUT2D eigenvalue weighted by molar-refractivity contribution is 6.34. The zero-order chi connectivity index (χ0) is 12.5. The fourth-order valence-corrected chi connectivity index (χ4v) is 1.84. The minimum atomic E-state index is 0.224. The van der Waals surface area contributed by atoms with Crippen molar-refractivity contribution in [2.75, 3.05) is 11.1 Å². The first-order chi connectivity index (χ1) is 8.72. The largest absolute Gasteiger partial charge is 0.368 e. The molecule has 4 N–H and O–H groups in total. The molecule has 6 nitrogen and oxygen atoms in total. The first-order valence-corrected chi connectivity index (χ1v) is 5.59. The molecule has 0 spiro atoms. The number of aromatic nitrogens is 4. The number of hydrogen-bond donors (Lipinski definition) is 3. The molecule has 0 amide bonds. The molecule has 0 atom stereocenters. The summed E-state index contributed by atoms with van der Waals surface area (Å²) in [6, 6.07) is 7.37. The third-order valence-corrected chi connectivity index (χ3v) is 2.74. The van der Waals surface area contributed by atoms with Crippen LogP contribution in [-0.4, -0.2) is 20.2 Å². The molecule has 0 saturated heterocycles. The maximum absolute atomic E-state index is 5.98. The molecule has 7 heteroatoms. The standard InChI is InChI=1S/C11H9ClN6/c12-10-7-5-6(1-2-8(7)17-18-10)15-9-3-4-14-11(13)16-9/h1-5H,(H,17,18)(H3,13,14,15,16). The topological polar surface area (TPSA) is 92.5 Å². The summed E-state index contributed by atoms with van der Waals surface area (Å²) in [5, 5.41) is 11.3. The van der Waals surface area contributed by atoms with Crippen molar-refractivity contribution in [1.29, 1.82) is 0 Å². The lowest BCUT2D eigenvalue weighted by molar-refractivity contribution is 1.12. The molecule has 0 bridgehead atoms. The van der Waals surface area contributed by atoms with Crippen LogP contribution in [0.1, 0.15) is 0 Å². The summed E-state index contributed by atoms with van der Waals surface area (Å²) in [4.78, 5) is 7.89. The highest BCUT2D eigenvalue weighted by Crippen LogP contribution is 2.25. The number of rotatable bonds is 2. The number of H-pyrrole nitrogens is 1. The number of nitrogen functional groups attached to an aromatic ring is 1. The minimum absolute atomic E-state index is 0.224. The number of nitrogens with two attached hydrogens (primary N) is 1. The zero-order valence-corrected chi connectivity index (χ0v) is 9.94. The zero-order valence-electron chi connectivity index (χ0n) is 9.18. The van der Waals surface area contributed by atoms with E-state index in [-0.39, 0.29) is 5.95 Å². The van der Waals surface area contributed by atoms with Gasteiger partial charge in [0.25, 0.3) is 0 Å². The van der Waals surface area contributed by atoms with Crippen molar-refractivity contribution in [3.63, 3.8) is 0 Å². The van der Waals surface area contributed by atoms with Gasteiger partial charge >= 0.3 is 0 Å². The molecule has 0 radical (unpaired) electrons. The third kappa shape index (κ3) is 1.93. The van der Waals surface area contributed by atoms with E-state index in [1.165, 1.54) is 0 Å². The highest BCUT2D eigenvalue weighted by Gasteiger charge is 2.04. The van der Waals surface area contributed by atoms with Crippen LogP contribution in [0.15, 0.2) is 30.5 Å². The summed E-state index contributed by atoms with van der Waals surface area (Å²) in [7, 11) is 0. The Hall–Kier alpha value is -2.34. The van der Waals surface area contributed by atoms with Gasteiger partial charge in [0.05, 0.1) is 5.52 Å². The molecular weight excluding hydrogens is 252 g/mol. The Bertz CT molecular complexity index is 708. The molecule has 3 rings (SSSR count).